The third-order valence-corrected chi connectivity index (χ3v) is 3.94. The molecular formula is C17H18N2O3. The highest BCUT2D eigenvalue weighted by Crippen LogP contribution is 2.20. The van der Waals surface area contributed by atoms with Crippen molar-refractivity contribution in [2.24, 2.45) is 0 Å². The smallest absolute Gasteiger partial charge is 0.242 e. The van der Waals surface area contributed by atoms with Crippen LogP contribution in [-0.2, 0) is 9.59 Å². The van der Waals surface area contributed by atoms with Crippen LogP contribution in [-0.4, -0.2) is 29.5 Å². The molecule has 1 heterocycles. The molecule has 0 aliphatic carbocycles. The zero-order valence-corrected chi connectivity index (χ0v) is 12.1. The molecular weight excluding hydrogens is 280 g/mol. The number of hydrogen-bond donors (Lipinski definition) is 3. The predicted molar refractivity (Wildman–Crippen MR) is 83.1 cm³/mol. The molecule has 2 atom stereocenters. The van der Waals surface area contributed by atoms with E-state index in [1.54, 1.807) is 0 Å². The van der Waals surface area contributed by atoms with Crippen molar-refractivity contribution in [3.63, 3.8) is 0 Å². The maximum Gasteiger partial charge on any atom is 0.242 e. The van der Waals surface area contributed by atoms with E-state index in [0.29, 0.717) is 12.8 Å². The standard InChI is InChI=1S/C17H18N2O3/c20-15(10-18-17(22)14-7-8-16(21)19-14)13-6-5-11-3-1-2-4-12(11)9-13/h1-6,9,14-15,20H,7-8,10H2,(H,18,22)(H,19,21)/t14-,15+/m0/s1. The van der Waals surface area contributed by atoms with Gasteiger partial charge in [0.2, 0.25) is 11.8 Å². The van der Waals surface area contributed by atoms with Gasteiger partial charge in [-0.3, -0.25) is 9.59 Å². The van der Waals surface area contributed by atoms with Crippen molar-refractivity contribution >= 4 is 22.6 Å². The SMILES string of the molecule is O=C1CC[C@@H](C(=O)NC[C@@H](O)c2ccc3ccccc3c2)N1. The lowest BCUT2D eigenvalue weighted by Crippen LogP contribution is -2.42. The Morgan fingerprint density at radius 2 is 2.05 bits per heavy atom. The number of fused-ring (bicyclic) bond motifs is 1. The largest absolute Gasteiger partial charge is 0.387 e. The second kappa shape index (κ2) is 6.15. The number of carbonyl (C=O) groups is 2. The minimum atomic E-state index is -0.773. The summed E-state index contributed by atoms with van der Waals surface area (Å²) in [5.74, 6) is -0.346. The van der Waals surface area contributed by atoms with E-state index in [1.165, 1.54) is 0 Å². The number of rotatable bonds is 4. The van der Waals surface area contributed by atoms with E-state index in [-0.39, 0.29) is 18.4 Å². The van der Waals surface area contributed by atoms with Gasteiger partial charge in [0.25, 0.3) is 0 Å². The number of amides is 2. The summed E-state index contributed by atoms with van der Waals surface area (Å²) in [7, 11) is 0. The summed E-state index contributed by atoms with van der Waals surface area (Å²) in [5.41, 5.74) is 0.759. The van der Waals surface area contributed by atoms with Crippen LogP contribution in [0.15, 0.2) is 42.5 Å². The lowest BCUT2D eigenvalue weighted by Gasteiger charge is -2.15. The minimum Gasteiger partial charge on any atom is -0.387 e. The van der Waals surface area contributed by atoms with Gasteiger partial charge in [-0.15, -0.1) is 0 Å². The molecule has 1 saturated heterocycles. The Morgan fingerprint density at radius 3 is 2.77 bits per heavy atom. The molecule has 2 amide bonds. The maximum atomic E-state index is 11.9. The number of hydrogen-bond acceptors (Lipinski definition) is 3. The average Bonchev–Trinajstić information content (AvgIpc) is 2.98. The average molecular weight is 298 g/mol. The fourth-order valence-electron chi connectivity index (χ4n) is 2.66. The van der Waals surface area contributed by atoms with Gasteiger partial charge in [-0.25, -0.2) is 0 Å². The number of benzene rings is 2. The van der Waals surface area contributed by atoms with Crippen LogP contribution >= 0.6 is 0 Å². The highest BCUT2D eigenvalue weighted by molar-refractivity contribution is 5.90. The molecule has 2 aromatic carbocycles. The molecule has 1 aliphatic heterocycles. The van der Waals surface area contributed by atoms with Crippen LogP contribution in [0.25, 0.3) is 10.8 Å². The topological polar surface area (TPSA) is 78.4 Å². The first-order valence-electron chi connectivity index (χ1n) is 7.37. The fourth-order valence-corrected chi connectivity index (χ4v) is 2.66. The Morgan fingerprint density at radius 1 is 1.27 bits per heavy atom. The molecule has 1 fully saturated rings. The van der Waals surface area contributed by atoms with E-state index >= 15 is 0 Å². The maximum absolute atomic E-state index is 11.9. The van der Waals surface area contributed by atoms with Crippen molar-refractivity contribution in [1.29, 1.82) is 0 Å². The lowest BCUT2D eigenvalue weighted by atomic mass is 10.0. The van der Waals surface area contributed by atoms with Gasteiger partial charge in [0, 0.05) is 13.0 Å². The van der Waals surface area contributed by atoms with Crippen LogP contribution in [0.4, 0.5) is 0 Å². The summed E-state index contributed by atoms with van der Waals surface area (Å²) >= 11 is 0. The zero-order chi connectivity index (χ0) is 15.5. The predicted octanol–water partition coefficient (Wildman–Crippen LogP) is 1.27. The number of carbonyl (C=O) groups excluding carboxylic acids is 2. The van der Waals surface area contributed by atoms with Crippen LogP contribution in [0.1, 0.15) is 24.5 Å². The van der Waals surface area contributed by atoms with E-state index in [9.17, 15) is 14.7 Å². The summed E-state index contributed by atoms with van der Waals surface area (Å²) in [5, 5.41) is 17.7. The quantitative estimate of drug-likeness (QED) is 0.795. The molecule has 0 bridgehead atoms. The van der Waals surface area contributed by atoms with Gasteiger partial charge in [-0.1, -0.05) is 36.4 Å². The molecule has 3 rings (SSSR count). The van der Waals surface area contributed by atoms with Crippen LogP contribution < -0.4 is 10.6 Å². The van der Waals surface area contributed by atoms with Gasteiger partial charge in [0.1, 0.15) is 6.04 Å². The Labute approximate surface area is 128 Å². The molecule has 1 aliphatic rings. The highest BCUT2D eigenvalue weighted by Gasteiger charge is 2.27. The molecule has 2 aromatic rings. The fraction of sp³-hybridized carbons (Fsp3) is 0.294. The van der Waals surface area contributed by atoms with Gasteiger partial charge >= 0.3 is 0 Å². The number of aliphatic hydroxyl groups is 1. The monoisotopic (exact) mass is 298 g/mol. The van der Waals surface area contributed by atoms with Gasteiger partial charge in [0.05, 0.1) is 6.10 Å². The molecule has 0 radical (unpaired) electrons. The zero-order valence-electron chi connectivity index (χ0n) is 12.1. The van der Waals surface area contributed by atoms with E-state index in [1.807, 2.05) is 42.5 Å². The van der Waals surface area contributed by atoms with Crippen molar-refractivity contribution in [3.05, 3.63) is 48.0 Å². The first kappa shape index (κ1) is 14.5. The van der Waals surface area contributed by atoms with E-state index in [2.05, 4.69) is 10.6 Å². The molecule has 0 saturated carbocycles. The Balaban J connectivity index is 1.62. The van der Waals surface area contributed by atoms with Crippen molar-refractivity contribution < 1.29 is 14.7 Å². The van der Waals surface area contributed by atoms with Gasteiger partial charge < -0.3 is 15.7 Å². The Kier molecular flexibility index (Phi) is 4.06. The Bertz CT molecular complexity index is 714. The van der Waals surface area contributed by atoms with Crippen LogP contribution in [0.2, 0.25) is 0 Å². The van der Waals surface area contributed by atoms with Crippen molar-refractivity contribution in [2.75, 3.05) is 6.54 Å². The summed E-state index contributed by atoms with van der Waals surface area (Å²) in [4.78, 5) is 23.0. The molecule has 3 N–H and O–H groups in total. The molecule has 0 unspecified atom stereocenters. The molecule has 0 spiro atoms. The van der Waals surface area contributed by atoms with E-state index in [4.69, 9.17) is 0 Å². The third kappa shape index (κ3) is 3.09. The molecule has 22 heavy (non-hydrogen) atoms. The van der Waals surface area contributed by atoms with Crippen molar-refractivity contribution in [3.8, 4) is 0 Å². The van der Waals surface area contributed by atoms with Crippen molar-refractivity contribution in [1.82, 2.24) is 10.6 Å². The second-order valence-corrected chi connectivity index (χ2v) is 5.53. The minimum absolute atomic E-state index is 0.102. The van der Waals surface area contributed by atoms with Gasteiger partial charge in [-0.2, -0.15) is 0 Å². The van der Waals surface area contributed by atoms with E-state index in [0.717, 1.165) is 16.3 Å². The summed E-state index contributed by atoms with van der Waals surface area (Å²) in [6.07, 6.45) is 0.118. The first-order valence-corrected chi connectivity index (χ1v) is 7.37. The molecule has 5 heteroatoms. The van der Waals surface area contributed by atoms with Crippen LogP contribution in [0.3, 0.4) is 0 Å². The molecule has 114 valence electrons. The highest BCUT2D eigenvalue weighted by atomic mass is 16.3. The molecule has 5 nitrogen and oxygen atoms in total. The third-order valence-electron chi connectivity index (χ3n) is 3.94. The summed E-state index contributed by atoms with van der Waals surface area (Å²) in [6, 6.07) is 13.2. The van der Waals surface area contributed by atoms with E-state index < -0.39 is 12.1 Å². The number of nitrogens with one attached hydrogen (secondary N) is 2. The lowest BCUT2D eigenvalue weighted by molar-refractivity contribution is -0.126. The number of aliphatic hydroxyl groups excluding tert-OH is 1. The first-order chi connectivity index (χ1) is 10.6. The second-order valence-electron chi connectivity index (χ2n) is 5.53. The normalized spacial score (nSPS) is 19.0. The van der Waals surface area contributed by atoms with Crippen LogP contribution in [0.5, 0.6) is 0 Å². The van der Waals surface area contributed by atoms with Gasteiger partial charge in [-0.05, 0) is 28.8 Å². The van der Waals surface area contributed by atoms with Gasteiger partial charge in [0.15, 0.2) is 0 Å². The molecule has 0 aromatic heterocycles. The Hall–Kier alpha value is -2.40. The van der Waals surface area contributed by atoms with Crippen LogP contribution in [0, 0.1) is 0 Å². The summed E-state index contributed by atoms with van der Waals surface area (Å²) < 4.78 is 0. The van der Waals surface area contributed by atoms with Crippen molar-refractivity contribution in [2.45, 2.75) is 25.0 Å². The summed E-state index contributed by atoms with van der Waals surface area (Å²) in [6.45, 7) is 0.129.